The zero-order valence-electron chi connectivity index (χ0n) is 8.74. The maximum absolute atomic E-state index is 11.3. The van der Waals surface area contributed by atoms with Crippen LogP contribution in [0.3, 0.4) is 0 Å². The molecular weight excluding hydrogens is 254 g/mol. The zero-order chi connectivity index (χ0) is 11.3. The van der Waals surface area contributed by atoms with Gasteiger partial charge in [0.05, 0.1) is 0 Å². The van der Waals surface area contributed by atoms with Gasteiger partial charge in [0.2, 0.25) is 5.91 Å². The summed E-state index contributed by atoms with van der Waals surface area (Å²) in [6, 6.07) is 7.95. The van der Waals surface area contributed by atoms with Crippen molar-refractivity contribution in [1.29, 1.82) is 0 Å². The molecule has 0 spiro atoms. The number of carbonyl (C=O) groups excluding carboxylic acids is 1. The first-order chi connectivity index (χ1) is 7.13. The predicted molar refractivity (Wildman–Crippen MR) is 65.4 cm³/mol. The molecule has 0 aliphatic heterocycles. The number of hydrogen-bond donors (Lipinski definition) is 0. The number of benzene rings is 1. The molecule has 0 atom stereocenters. The molecule has 0 radical (unpaired) electrons. The predicted octanol–water partition coefficient (Wildman–Crippen LogP) is 2.98. The molecule has 0 heterocycles. The fraction of sp³-hybridized carbons (Fsp3) is 0.250. The van der Waals surface area contributed by atoms with Crippen molar-refractivity contribution >= 4 is 21.8 Å². The van der Waals surface area contributed by atoms with Crippen LogP contribution in [0, 0.1) is 0 Å². The lowest BCUT2D eigenvalue weighted by atomic mass is 10.2. The summed E-state index contributed by atoms with van der Waals surface area (Å²) < 4.78 is 1.05. The van der Waals surface area contributed by atoms with E-state index in [2.05, 4.69) is 22.5 Å². The van der Waals surface area contributed by atoms with Crippen LogP contribution in [0.1, 0.15) is 12.5 Å². The topological polar surface area (TPSA) is 20.3 Å². The number of rotatable bonds is 4. The highest BCUT2D eigenvalue weighted by Gasteiger charge is 2.06. The molecular formula is C12H14BrNO. The van der Waals surface area contributed by atoms with E-state index in [9.17, 15) is 4.79 Å². The van der Waals surface area contributed by atoms with Crippen LogP contribution in [0.25, 0.3) is 0 Å². The summed E-state index contributed by atoms with van der Waals surface area (Å²) in [7, 11) is 0. The van der Waals surface area contributed by atoms with Gasteiger partial charge >= 0.3 is 0 Å². The van der Waals surface area contributed by atoms with Crippen LogP contribution >= 0.6 is 15.9 Å². The molecule has 15 heavy (non-hydrogen) atoms. The van der Waals surface area contributed by atoms with Gasteiger partial charge in [-0.3, -0.25) is 4.79 Å². The summed E-state index contributed by atoms with van der Waals surface area (Å²) in [5.41, 5.74) is 1.12. The molecule has 1 aromatic rings. The van der Waals surface area contributed by atoms with E-state index in [0.29, 0.717) is 13.1 Å². The average molecular weight is 268 g/mol. The molecule has 0 saturated carbocycles. The van der Waals surface area contributed by atoms with Gasteiger partial charge in [0, 0.05) is 24.5 Å². The standard InChI is InChI=1S/C12H14BrNO/c1-3-8-14(10(2)15)9-11-4-6-12(13)7-5-11/h3-7H,1,8-9H2,2H3. The van der Waals surface area contributed by atoms with Gasteiger partial charge in [-0.25, -0.2) is 0 Å². The largest absolute Gasteiger partial charge is 0.335 e. The monoisotopic (exact) mass is 267 g/mol. The van der Waals surface area contributed by atoms with Crippen molar-refractivity contribution in [1.82, 2.24) is 4.90 Å². The normalized spacial score (nSPS) is 9.73. The molecule has 1 aromatic carbocycles. The van der Waals surface area contributed by atoms with Crippen LogP contribution in [0.5, 0.6) is 0 Å². The van der Waals surface area contributed by atoms with Crippen molar-refractivity contribution in [3.05, 3.63) is 47.0 Å². The van der Waals surface area contributed by atoms with E-state index in [1.807, 2.05) is 24.3 Å². The molecule has 0 saturated heterocycles. The van der Waals surface area contributed by atoms with Gasteiger partial charge in [0.25, 0.3) is 0 Å². The fourth-order valence-corrected chi connectivity index (χ4v) is 1.53. The Balaban J connectivity index is 2.69. The van der Waals surface area contributed by atoms with E-state index < -0.39 is 0 Å². The van der Waals surface area contributed by atoms with Crippen molar-refractivity contribution in [2.45, 2.75) is 13.5 Å². The van der Waals surface area contributed by atoms with E-state index in [0.717, 1.165) is 10.0 Å². The molecule has 1 rings (SSSR count). The number of carbonyl (C=O) groups is 1. The molecule has 0 fully saturated rings. The Labute approximate surface area is 98.7 Å². The number of nitrogens with zero attached hydrogens (tertiary/aromatic N) is 1. The number of halogens is 1. The van der Waals surface area contributed by atoms with Crippen LogP contribution < -0.4 is 0 Å². The summed E-state index contributed by atoms with van der Waals surface area (Å²) in [5, 5.41) is 0. The van der Waals surface area contributed by atoms with Crippen LogP contribution in [-0.2, 0) is 11.3 Å². The Morgan fingerprint density at radius 2 is 2.07 bits per heavy atom. The van der Waals surface area contributed by atoms with Crippen LogP contribution in [0.4, 0.5) is 0 Å². The molecule has 80 valence electrons. The lowest BCUT2D eigenvalue weighted by Crippen LogP contribution is -2.28. The minimum Gasteiger partial charge on any atom is -0.335 e. The van der Waals surface area contributed by atoms with Crippen molar-refractivity contribution < 1.29 is 4.79 Å². The zero-order valence-corrected chi connectivity index (χ0v) is 10.3. The average Bonchev–Trinajstić information content (AvgIpc) is 2.20. The molecule has 0 N–H and O–H groups in total. The summed E-state index contributed by atoms with van der Waals surface area (Å²) in [5.74, 6) is 0.0674. The summed E-state index contributed by atoms with van der Waals surface area (Å²) in [6.07, 6.45) is 1.74. The first-order valence-electron chi connectivity index (χ1n) is 4.74. The van der Waals surface area contributed by atoms with Crippen molar-refractivity contribution in [3.63, 3.8) is 0 Å². The second-order valence-electron chi connectivity index (χ2n) is 3.31. The van der Waals surface area contributed by atoms with Crippen LogP contribution in [0.2, 0.25) is 0 Å². The van der Waals surface area contributed by atoms with E-state index in [-0.39, 0.29) is 5.91 Å². The highest BCUT2D eigenvalue weighted by Crippen LogP contribution is 2.12. The summed E-state index contributed by atoms with van der Waals surface area (Å²) in [6.45, 7) is 6.43. The second kappa shape index (κ2) is 5.71. The minimum absolute atomic E-state index is 0.0674. The highest BCUT2D eigenvalue weighted by molar-refractivity contribution is 9.10. The maximum atomic E-state index is 11.3. The molecule has 2 nitrogen and oxygen atoms in total. The fourth-order valence-electron chi connectivity index (χ4n) is 1.27. The van der Waals surface area contributed by atoms with Crippen molar-refractivity contribution in [3.8, 4) is 0 Å². The molecule has 0 unspecified atom stereocenters. The summed E-state index contributed by atoms with van der Waals surface area (Å²) >= 11 is 3.37. The van der Waals surface area contributed by atoms with Gasteiger partial charge < -0.3 is 4.90 Å². The van der Waals surface area contributed by atoms with Gasteiger partial charge in [-0.2, -0.15) is 0 Å². The molecule has 3 heteroatoms. The minimum atomic E-state index is 0.0674. The van der Waals surface area contributed by atoms with Crippen LogP contribution in [-0.4, -0.2) is 17.4 Å². The SMILES string of the molecule is C=CCN(Cc1ccc(Br)cc1)C(C)=O. The first kappa shape index (κ1) is 12.0. The van der Waals surface area contributed by atoms with Gasteiger partial charge in [-0.05, 0) is 17.7 Å². The molecule has 0 aromatic heterocycles. The Kier molecular flexibility index (Phi) is 4.56. The number of amides is 1. The highest BCUT2D eigenvalue weighted by atomic mass is 79.9. The summed E-state index contributed by atoms with van der Waals surface area (Å²) in [4.78, 5) is 13.0. The lowest BCUT2D eigenvalue weighted by Gasteiger charge is -2.19. The van der Waals surface area contributed by atoms with E-state index in [4.69, 9.17) is 0 Å². The van der Waals surface area contributed by atoms with E-state index in [1.54, 1.807) is 17.9 Å². The lowest BCUT2D eigenvalue weighted by molar-refractivity contribution is -0.128. The van der Waals surface area contributed by atoms with Gasteiger partial charge in [-0.15, -0.1) is 6.58 Å². The molecule has 0 aliphatic carbocycles. The number of hydrogen-bond acceptors (Lipinski definition) is 1. The van der Waals surface area contributed by atoms with Crippen molar-refractivity contribution in [2.24, 2.45) is 0 Å². The Bertz CT molecular complexity index is 345. The Morgan fingerprint density at radius 3 is 2.53 bits per heavy atom. The molecule has 1 amide bonds. The quantitative estimate of drug-likeness (QED) is 0.769. The second-order valence-corrected chi connectivity index (χ2v) is 4.23. The van der Waals surface area contributed by atoms with Gasteiger partial charge in [0.1, 0.15) is 0 Å². The third kappa shape index (κ3) is 3.88. The maximum Gasteiger partial charge on any atom is 0.220 e. The third-order valence-corrected chi connectivity index (χ3v) is 2.61. The van der Waals surface area contributed by atoms with E-state index in [1.165, 1.54) is 0 Å². The van der Waals surface area contributed by atoms with Crippen molar-refractivity contribution in [2.75, 3.05) is 6.54 Å². The van der Waals surface area contributed by atoms with E-state index >= 15 is 0 Å². The van der Waals surface area contributed by atoms with Crippen LogP contribution in [0.15, 0.2) is 41.4 Å². The molecule has 0 aliphatic rings. The Morgan fingerprint density at radius 1 is 1.47 bits per heavy atom. The van der Waals surface area contributed by atoms with Gasteiger partial charge in [0.15, 0.2) is 0 Å². The smallest absolute Gasteiger partial charge is 0.220 e. The third-order valence-electron chi connectivity index (χ3n) is 2.08. The Hall–Kier alpha value is -1.09. The first-order valence-corrected chi connectivity index (χ1v) is 5.53. The van der Waals surface area contributed by atoms with Gasteiger partial charge in [-0.1, -0.05) is 34.1 Å². The molecule has 0 bridgehead atoms.